The van der Waals surface area contributed by atoms with E-state index in [0.29, 0.717) is 19.6 Å². The highest BCUT2D eigenvalue weighted by molar-refractivity contribution is 5.99. The number of hydrogen-bond acceptors (Lipinski definition) is 5. The van der Waals surface area contributed by atoms with Gasteiger partial charge in [0.15, 0.2) is 11.6 Å². The highest BCUT2D eigenvalue weighted by Crippen LogP contribution is 2.42. The van der Waals surface area contributed by atoms with Crippen LogP contribution in [0.15, 0.2) is 11.0 Å². The monoisotopic (exact) mass is 392 g/mol. The smallest absolute Gasteiger partial charge is 0.341 e. The van der Waals surface area contributed by atoms with Crippen molar-refractivity contribution >= 4 is 28.2 Å². The summed E-state index contributed by atoms with van der Waals surface area (Å²) in [5, 5.41) is 8.93. The maximum absolute atomic E-state index is 15.6. The molecule has 9 heteroatoms. The van der Waals surface area contributed by atoms with Crippen LogP contribution in [0.4, 0.5) is 20.2 Å². The number of aromatic nitrogens is 1. The van der Waals surface area contributed by atoms with Crippen molar-refractivity contribution in [2.75, 3.05) is 30.3 Å². The predicted octanol–water partition coefficient (Wildman–Crippen LogP) is 2.07. The summed E-state index contributed by atoms with van der Waals surface area (Å²) in [4.78, 5) is 25.7. The molecule has 0 radical (unpaired) electrons. The molecule has 0 bridgehead atoms. The normalized spacial score (nSPS) is 19.5. The number of halogens is 2. The van der Waals surface area contributed by atoms with E-state index in [9.17, 15) is 14.7 Å². The number of rotatable bonds is 5. The van der Waals surface area contributed by atoms with Crippen LogP contribution in [0.25, 0.3) is 10.9 Å². The number of nitrogens with zero attached hydrogens (tertiary/aromatic N) is 2. The number of carboxylic acids is 1. The van der Waals surface area contributed by atoms with E-state index in [2.05, 4.69) is 0 Å². The fourth-order valence-electron chi connectivity index (χ4n) is 4.13. The van der Waals surface area contributed by atoms with E-state index in [4.69, 9.17) is 11.5 Å². The van der Waals surface area contributed by atoms with Gasteiger partial charge in [0.05, 0.1) is 16.6 Å². The van der Waals surface area contributed by atoms with E-state index in [0.717, 1.165) is 31.9 Å². The van der Waals surface area contributed by atoms with E-state index in [1.165, 1.54) is 4.57 Å². The summed E-state index contributed by atoms with van der Waals surface area (Å²) in [5.41, 5.74) is 9.13. The number of pyridine rings is 1. The van der Waals surface area contributed by atoms with Crippen molar-refractivity contribution in [1.29, 1.82) is 0 Å². The first-order chi connectivity index (χ1) is 13.3. The number of nitrogens with two attached hydrogens (primary N) is 2. The van der Waals surface area contributed by atoms with Gasteiger partial charge in [0, 0.05) is 25.3 Å². The first-order valence-electron chi connectivity index (χ1n) is 9.38. The van der Waals surface area contributed by atoms with Crippen molar-refractivity contribution in [3.63, 3.8) is 0 Å². The molecule has 5 N–H and O–H groups in total. The standard InChI is InChI=1S/C19H22F2N4O3/c20-13-15(23)12-16(14(21)17(13)24-6-4-9(7-24)3-5-22)25(10-1-2-10)8-11(18(12)26)19(27)28/h8-10H,1-7,22-23H2,(H,27,28). The second kappa shape index (κ2) is 6.73. The molecule has 2 aliphatic rings. The molecule has 28 heavy (non-hydrogen) atoms. The summed E-state index contributed by atoms with van der Waals surface area (Å²) in [6.07, 6.45) is 4.13. The second-order valence-electron chi connectivity index (χ2n) is 7.61. The number of aromatic carboxylic acids is 1. The Bertz CT molecular complexity index is 1030. The molecule has 1 aromatic heterocycles. The lowest BCUT2D eigenvalue weighted by Crippen LogP contribution is -2.26. The zero-order valence-electron chi connectivity index (χ0n) is 15.3. The van der Waals surface area contributed by atoms with Crippen molar-refractivity contribution < 1.29 is 18.7 Å². The molecule has 1 aliphatic heterocycles. The van der Waals surface area contributed by atoms with Crippen LogP contribution >= 0.6 is 0 Å². The zero-order valence-corrected chi connectivity index (χ0v) is 15.3. The van der Waals surface area contributed by atoms with Crippen LogP contribution in [0.5, 0.6) is 0 Å². The maximum Gasteiger partial charge on any atom is 0.341 e. The lowest BCUT2D eigenvalue weighted by molar-refractivity contribution is 0.0695. The Morgan fingerprint density at radius 1 is 1.25 bits per heavy atom. The summed E-state index contributed by atoms with van der Waals surface area (Å²) in [5.74, 6) is -3.09. The molecule has 1 saturated heterocycles. The number of benzene rings is 1. The van der Waals surface area contributed by atoms with Crippen LogP contribution in [0.3, 0.4) is 0 Å². The molecule has 1 aromatic carbocycles. The molecular weight excluding hydrogens is 370 g/mol. The van der Waals surface area contributed by atoms with E-state index < -0.39 is 39.7 Å². The summed E-state index contributed by atoms with van der Waals surface area (Å²) in [7, 11) is 0. The third kappa shape index (κ3) is 2.81. The maximum atomic E-state index is 15.6. The quantitative estimate of drug-likeness (QED) is 0.671. The Balaban J connectivity index is 1.97. The minimum absolute atomic E-state index is 0.117. The second-order valence-corrected chi connectivity index (χ2v) is 7.61. The van der Waals surface area contributed by atoms with Gasteiger partial charge in [-0.05, 0) is 38.1 Å². The first kappa shape index (κ1) is 18.7. The van der Waals surface area contributed by atoms with Crippen molar-refractivity contribution in [3.05, 3.63) is 33.6 Å². The average molecular weight is 392 g/mol. The van der Waals surface area contributed by atoms with E-state index in [1.807, 2.05) is 0 Å². The Morgan fingerprint density at radius 2 is 1.96 bits per heavy atom. The molecule has 4 rings (SSSR count). The molecule has 0 amide bonds. The SMILES string of the molecule is NCCC1CCN(c2c(F)c(N)c3c(=O)c(C(=O)O)cn(C4CC4)c3c2F)C1. The minimum Gasteiger partial charge on any atom is -0.477 e. The fraction of sp³-hybridized carbons (Fsp3) is 0.474. The van der Waals surface area contributed by atoms with Gasteiger partial charge in [-0.2, -0.15) is 0 Å². The minimum atomic E-state index is -1.45. The van der Waals surface area contributed by atoms with Crippen molar-refractivity contribution in [3.8, 4) is 0 Å². The molecule has 7 nitrogen and oxygen atoms in total. The van der Waals surface area contributed by atoms with Gasteiger partial charge < -0.3 is 26.0 Å². The van der Waals surface area contributed by atoms with Crippen molar-refractivity contribution in [2.45, 2.75) is 31.7 Å². The van der Waals surface area contributed by atoms with Crippen LogP contribution < -0.4 is 21.8 Å². The van der Waals surface area contributed by atoms with Crippen LogP contribution in [-0.2, 0) is 0 Å². The zero-order chi connectivity index (χ0) is 20.2. The summed E-state index contributed by atoms with van der Waals surface area (Å²) in [6, 6.07) is -0.128. The van der Waals surface area contributed by atoms with Gasteiger partial charge in [0.1, 0.15) is 11.3 Å². The number of fused-ring (bicyclic) bond motifs is 1. The molecule has 2 fully saturated rings. The highest BCUT2D eigenvalue weighted by Gasteiger charge is 2.34. The summed E-state index contributed by atoms with van der Waals surface area (Å²) >= 11 is 0. The number of carbonyl (C=O) groups is 1. The molecule has 1 atom stereocenters. The number of anilines is 2. The molecule has 0 spiro atoms. The first-order valence-corrected chi connectivity index (χ1v) is 9.38. The Morgan fingerprint density at radius 3 is 2.57 bits per heavy atom. The number of carboxylic acid groups (broad SMARTS) is 1. The molecule has 150 valence electrons. The van der Waals surface area contributed by atoms with E-state index in [-0.39, 0.29) is 23.2 Å². The average Bonchev–Trinajstić information content (AvgIpc) is 3.39. The van der Waals surface area contributed by atoms with Gasteiger partial charge in [-0.15, -0.1) is 0 Å². The lowest BCUT2D eigenvalue weighted by Gasteiger charge is -2.23. The largest absolute Gasteiger partial charge is 0.477 e. The van der Waals surface area contributed by atoms with Crippen LogP contribution in [0.2, 0.25) is 0 Å². The van der Waals surface area contributed by atoms with Gasteiger partial charge in [0.2, 0.25) is 5.43 Å². The summed E-state index contributed by atoms with van der Waals surface area (Å²) < 4.78 is 32.1. The van der Waals surface area contributed by atoms with Crippen molar-refractivity contribution in [1.82, 2.24) is 4.57 Å². The molecule has 2 heterocycles. The van der Waals surface area contributed by atoms with Crippen LogP contribution in [0, 0.1) is 17.6 Å². The van der Waals surface area contributed by atoms with Crippen LogP contribution in [-0.4, -0.2) is 35.3 Å². The topological polar surface area (TPSA) is 115 Å². The van der Waals surface area contributed by atoms with E-state index >= 15 is 8.78 Å². The number of nitrogen functional groups attached to an aromatic ring is 1. The Kier molecular flexibility index (Phi) is 4.49. The number of hydrogen-bond donors (Lipinski definition) is 3. The van der Waals surface area contributed by atoms with E-state index in [1.54, 1.807) is 4.90 Å². The molecular formula is C19H22F2N4O3. The summed E-state index contributed by atoms with van der Waals surface area (Å²) in [6.45, 7) is 1.42. The Labute approximate surface area is 159 Å². The third-order valence-electron chi connectivity index (χ3n) is 5.71. The fourth-order valence-corrected chi connectivity index (χ4v) is 4.13. The molecule has 1 saturated carbocycles. The highest BCUT2D eigenvalue weighted by atomic mass is 19.1. The van der Waals surface area contributed by atoms with Gasteiger partial charge in [-0.25, -0.2) is 13.6 Å². The molecule has 2 aromatic rings. The lowest BCUT2D eigenvalue weighted by atomic mass is 10.1. The third-order valence-corrected chi connectivity index (χ3v) is 5.71. The Hall–Kier alpha value is -2.68. The van der Waals surface area contributed by atoms with Gasteiger partial charge in [-0.1, -0.05) is 0 Å². The predicted molar refractivity (Wildman–Crippen MR) is 102 cm³/mol. The van der Waals surface area contributed by atoms with Crippen molar-refractivity contribution in [2.24, 2.45) is 11.7 Å². The van der Waals surface area contributed by atoms with Crippen LogP contribution in [0.1, 0.15) is 42.1 Å². The van der Waals surface area contributed by atoms with Gasteiger partial charge in [0.25, 0.3) is 0 Å². The van der Waals surface area contributed by atoms with Gasteiger partial charge in [-0.3, -0.25) is 4.79 Å². The van der Waals surface area contributed by atoms with Gasteiger partial charge >= 0.3 is 5.97 Å². The molecule has 1 unspecified atom stereocenters. The molecule has 1 aliphatic carbocycles.